The molecule has 1 saturated carbocycles. The van der Waals surface area contributed by atoms with Crippen LogP contribution in [0, 0.1) is 0 Å². The van der Waals surface area contributed by atoms with Crippen LogP contribution in [-0.4, -0.2) is 26.4 Å². The molecular weight excluding hydrogens is 238 g/mol. The van der Waals surface area contributed by atoms with Crippen molar-refractivity contribution in [3.63, 3.8) is 0 Å². The van der Waals surface area contributed by atoms with Crippen LogP contribution in [0.25, 0.3) is 0 Å². The van der Waals surface area contributed by atoms with E-state index >= 15 is 0 Å². The van der Waals surface area contributed by atoms with Gasteiger partial charge in [-0.1, -0.05) is 12.1 Å². The third-order valence-corrected chi connectivity index (χ3v) is 4.09. The van der Waals surface area contributed by atoms with Gasteiger partial charge in [-0.3, -0.25) is 0 Å². The molecular formula is C16H25NO2. The summed E-state index contributed by atoms with van der Waals surface area (Å²) < 4.78 is 10.7. The normalized spacial score (nSPS) is 25.0. The van der Waals surface area contributed by atoms with E-state index in [1.54, 1.807) is 7.11 Å². The second-order valence-corrected chi connectivity index (χ2v) is 5.37. The number of ether oxygens (including phenoxy) is 2. The van der Waals surface area contributed by atoms with Crippen LogP contribution in [0.4, 0.5) is 0 Å². The minimum Gasteiger partial charge on any atom is -0.497 e. The zero-order chi connectivity index (χ0) is 13.7. The predicted octanol–water partition coefficient (Wildman–Crippen LogP) is 3.30. The van der Waals surface area contributed by atoms with Crippen molar-refractivity contribution in [2.45, 2.75) is 50.8 Å². The van der Waals surface area contributed by atoms with E-state index in [-0.39, 0.29) is 0 Å². The molecule has 0 amide bonds. The molecule has 3 nitrogen and oxygen atoms in total. The minimum atomic E-state index is 0.360. The van der Waals surface area contributed by atoms with Gasteiger partial charge in [0.2, 0.25) is 0 Å². The van der Waals surface area contributed by atoms with Gasteiger partial charge in [0.25, 0.3) is 0 Å². The van der Waals surface area contributed by atoms with Crippen LogP contribution in [0.1, 0.15) is 44.2 Å². The maximum Gasteiger partial charge on any atom is 0.119 e. The van der Waals surface area contributed by atoms with Crippen molar-refractivity contribution in [1.82, 2.24) is 5.32 Å². The molecule has 0 bridgehead atoms. The lowest BCUT2D eigenvalue weighted by Crippen LogP contribution is -2.36. The van der Waals surface area contributed by atoms with E-state index in [4.69, 9.17) is 9.47 Å². The average molecular weight is 263 g/mol. The number of hydrogen-bond donors (Lipinski definition) is 1. The topological polar surface area (TPSA) is 30.5 Å². The van der Waals surface area contributed by atoms with Crippen molar-refractivity contribution in [2.24, 2.45) is 0 Å². The Morgan fingerprint density at radius 1 is 1.16 bits per heavy atom. The molecule has 1 fully saturated rings. The molecule has 1 aromatic carbocycles. The van der Waals surface area contributed by atoms with Gasteiger partial charge in [-0.2, -0.15) is 0 Å². The summed E-state index contributed by atoms with van der Waals surface area (Å²) in [6.45, 7) is 2.22. The molecule has 1 aliphatic carbocycles. The number of methoxy groups -OCH3 is 2. The van der Waals surface area contributed by atoms with Crippen molar-refractivity contribution < 1.29 is 9.47 Å². The SMILES string of the molecule is COc1cccc(C(C)NC2CCC(OC)CC2)c1. The van der Waals surface area contributed by atoms with Gasteiger partial charge in [0.05, 0.1) is 13.2 Å². The van der Waals surface area contributed by atoms with Gasteiger partial charge in [0.15, 0.2) is 0 Å². The van der Waals surface area contributed by atoms with E-state index in [9.17, 15) is 0 Å². The van der Waals surface area contributed by atoms with Crippen LogP contribution in [0.2, 0.25) is 0 Å². The zero-order valence-corrected chi connectivity index (χ0v) is 12.2. The largest absolute Gasteiger partial charge is 0.497 e. The molecule has 1 unspecified atom stereocenters. The molecule has 1 atom stereocenters. The summed E-state index contributed by atoms with van der Waals surface area (Å²) in [6.07, 6.45) is 5.20. The average Bonchev–Trinajstić information content (AvgIpc) is 2.48. The summed E-state index contributed by atoms with van der Waals surface area (Å²) in [5.41, 5.74) is 1.29. The Morgan fingerprint density at radius 3 is 2.53 bits per heavy atom. The van der Waals surface area contributed by atoms with Gasteiger partial charge in [0, 0.05) is 19.2 Å². The molecule has 19 heavy (non-hydrogen) atoms. The van der Waals surface area contributed by atoms with Gasteiger partial charge < -0.3 is 14.8 Å². The van der Waals surface area contributed by atoms with Crippen LogP contribution in [0.15, 0.2) is 24.3 Å². The van der Waals surface area contributed by atoms with Crippen molar-refractivity contribution in [1.29, 1.82) is 0 Å². The summed E-state index contributed by atoms with van der Waals surface area (Å²) in [4.78, 5) is 0. The minimum absolute atomic E-state index is 0.360. The van der Waals surface area contributed by atoms with E-state index in [0.29, 0.717) is 18.2 Å². The second-order valence-electron chi connectivity index (χ2n) is 5.37. The van der Waals surface area contributed by atoms with Crippen molar-refractivity contribution >= 4 is 0 Å². The molecule has 0 heterocycles. The third-order valence-electron chi connectivity index (χ3n) is 4.09. The Kier molecular flexibility index (Phi) is 5.23. The first-order chi connectivity index (χ1) is 9.22. The molecule has 2 rings (SSSR count). The van der Waals surface area contributed by atoms with E-state index < -0.39 is 0 Å². The summed E-state index contributed by atoms with van der Waals surface area (Å²) in [6, 6.07) is 9.26. The quantitative estimate of drug-likeness (QED) is 0.884. The fraction of sp³-hybridized carbons (Fsp3) is 0.625. The highest BCUT2D eigenvalue weighted by Gasteiger charge is 2.22. The van der Waals surface area contributed by atoms with Gasteiger partial charge in [-0.05, 0) is 50.3 Å². The lowest BCUT2D eigenvalue weighted by molar-refractivity contribution is 0.0614. The molecule has 0 aliphatic heterocycles. The molecule has 3 heteroatoms. The number of benzene rings is 1. The first kappa shape index (κ1) is 14.4. The maximum atomic E-state index is 5.42. The fourth-order valence-corrected chi connectivity index (χ4v) is 2.83. The monoisotopic (exact) mass is 263 g/mol. The van der Waals surface area contributed by atoms with Crippen LogP contribution >= 0.6 is 0 Å². The Balaban J connectivity index is 1.88. The summed E-state index contributed by atoms with van der Waals surface area (Å²) >= 11 is 0. The van der Waals surface area contributed by atoms with Crippen molar-refractivity contribution in [2.75, 3.05) is 14.2 Å². The molecule has 0 aromatic heterocycles. The molecule has 1 aliphatic rings. The summed E-state index contributed by atoms with van der Waals surface area (Å²) in [5.74, 6) is 0.925. The molecule has 0 radical (unpaired) electrons. The Hall–Kier alpha value is -1.06. The van der Waals surface area contributed by atoms with Gasteiger partial charge in [-0.25, -0.2) is 0 Å². The lowest BCUT2D eigenvalue weighted by Gasteiger charge is -2.30. The first-order valence-electron chi connectivity index (χ1n) is 7.15. The van der Waals surface area contributed by atoms with Crippen LogP contribution < -0.4 is 10.1 Å². The predicted molar refractivity (Wildman–Crippen MR) is 77.6 cm³/mol. The summed E-state index contributed by atoms with van der Waals surface area (Å²) in [7, 11) is 3.53. The zero-order valence-electron chi connectivity index (χ0n) is 12.2. The standard InChI is InChI=1S/C16H25NO2/c1-12(13-5-4-6-16(11-13)19-3)17-14-7-9-15(18-2)10-8-14/h4-6,11-12,14-15,17H,7-10H2,1-3H3. The molecule has 106 valence electrons. The number of hydrogen-bond acceptors (Lipinski definition) is 3. The summed E-state index contributed by atoms with van der Waals surface area (Å²) in [5, 5.41) is 3.72. The highest BCUT2D eigenvalue weighted by Crippen LogP contribution is 2.24. The fourth-order valence-electron chi connectivity index (χ4n) is 2.83. The first-order valence-corrected chi connectivity index (χ1v) is 7.15. The van der Waals surface area contributed by atoms with Crippen LogP contribution in [0.5, 0.6) is 5.75 Å². The molecule has 0 saturated heterocycles. The third kappa shape index (κ3) is 3.95. The van der Waals surface area contributed by atoms with E-state index in [1.807, 2.05) is 19.2 Å². The van der Waals surface area contributed by atoms with E-state index in [1.165, 1.54) is 31.2 Å². The van der Waals surface area contributed by atoms with Crippen molar-refractivity contribution in [3.05, 3.63) is 29.8 Å². The Morgan fingerprint density at radius 2 is 1.89 bits per heavy atom. The number of nitrogens with one attached hydrogen (secondary N) is 1. The molecule has 1 aromatic rings. The number of rotatable bonds is 5. The van der Waals surface area contributed by atoms with E-state index in [2.05, 4.69) is 24.4 Å². The van der Waals surface area contributed by atoms with Gasteiger partial charge in [0.1, 0.15) is 5.75 Å². The highest BCUT2D eigenvalue weighted by atomic mass is 16.5. The van der Waals surface area contributed by atoms with Gasteiger partial charge in [-0.15, -0.1) is 0 Å². The van der Waals surface area contributed by atoms with Crippen LogP contribution in [-0.2, 0) is 4.74 Å². The highest BCUT2D eigenvalue weighted by molar-refractivity contribution is 5.30. The maximum absolute atomic E-state index is 5.42. The van der Waals surface area contributed by atoms with Gasteiger partial charge >= 0.3 is 0 Å². The lowest BCUT2D eigenvalue weighted by atomic mass is 9.92. The Labute approximate surface area is 116 Å². The Bertz CT molecular complexity index is 386. The smallest absolute Gasteiger partial charge is 0.119 e. The molecule has 0 spiro atoms. The van der Waals surface area contributed by atoms with E-state index in [0.717, 1.165) is 5.75 Å². The second kappa shape index (κ2) is 6.92. The van der Waals surface area contributed by atoms with Crippen LogP contribution in [0.3, 0.4) is 0 Å². The van der Waals surface area contributed by atoms with Crippen molar-refractivity contribution in [3.8, 4) is 5.75 Å². The molecule has 1 N–H and O–H groups in total.